The molecule has 0 unspecified atom stereocenters. The molecule has 0 aromatic heterocycles. The van der Waals surface area contributed by atoms with Crippen LogP contribution in [0.3, 0.4) is 0 Å². The van der Waals surface area contributed by atoms with Crippen molar-refractivity contribution in [1.29, 1.82) is 0 Å². The van der Waals surface area contributed by atoms with Crippen LogP contribution in [0.15, 0.2) is 60.7 Å². The van der Waals surface area contributed by atoms with Crippen LogP contribution >= 0.6 is 0 Å². The molecule has 1 fully saturated rings. The Morgan fingerprint density at radius 3 is 1.73 bits per heavy atom. The van der Waals surface area contributed by atoms with E-state index in [1.807, 2.05) is 36.4 Å². The molecule has 1 heterocycles. The molecule has 2 aromatic carbocycles. The van der Waals surface area contributed by atoms with Gasteiger partial charge in [0, 0.05) is 13.1 Å². The Morgan fingerprint density at radius 1 is 0.962 bits per heavy atom. The predicted molar refractivity (Wildman–Crippen MR) is 107 cm³/mol. The van der Waals surface area contributed by atoms with E-state index in [2.05, 4.69) is 45.0 Å². The van der Waals surface area contributed by atoms with Crippen LogP contribution in [0.25, 0.3) is 0 Å². The highest BCUT2D eigenvalue weighted by molar-refractivity contribution is 7.86. The Labute approximate surface area is 157 Å². The van der Waals surface area contributed by atoms with Gasteiger partial charge in [-0.25, -0.2) is 5.14 Å². The van der Waals surface area contributed by atoms with Gasteiger partial charge in [-0.15, -0.1) is 0 Å². The van der Waals surface area contributed by atoms with Crippen molar-refractivity contribution in [2.75, 3.05) is 13.1 Å². The molecular formula is C19H26N2O3SSi. The number of nitrogens with zero attached hydrogens (tertiary/aromatic N) is 1. The molecule has 0 bridgehead atoms. The zero-order chi connectivity index (χ0) is 19.0. The molecule has 1 aliphatic rings. The average molecular weight is 391 g/mol. The molecule has 7 heteroatoms. The largest absolute Gasteiger partial charge is 0.402 e. The second kappa shape index (κ2) is 6.90. The molecule has 2 N–H and O–H groups in total. The number of benzene rings is 2. The molecule has 0 radical (unpaired) electrons. The van der Waals surface area contributed by atoms with Crippen LogP contribution < -0.4 is 15.5 Å². The molecule has 2 aromatic rings. The van der Waals surface area contributed by atoms with Crippen molar-refractivity contribution in [3.63, 3.8) is 0 Å². The maximum Gasteiger partial charge on any atom is 0.277 e. The van der Waals surface area contributed by atoms with Crippen molar-refractivity contribution < 1.29 is 12.8 Å². The Bertz CT molecular complexity index is 806. The zero-order valence-corrected chi connectivity index (χ0v) is 17.2. The van der Waals surface area contributed by atoms with Gasteiger partial charge in [0.15, 0.2) is 0 Å². The lowest BCUT2D eigenvalue weighted by molar-refractivity contribution is 0.0675. The van der Waals surface area contributed by atoms with Gasteiger partial charge in [0.05, 0.1) is 6.10 Å². The van der Waals surface area contributed by atoms with E-state index >= 15 is 0 Å². The first kappa shape index (κ1) is 19.3. The number of nitrogens with two attached hydrogens (primary N) is 1. The van der Waals surface area contributed by atoms with E-state index in [0.717, 1.165) is 0 Å². The van der Waals surface area contributed by atoms with Crippen LogP contribution in [0.4, 0.5) is 0 Å². The Balaban J connectivity index is 2.05. The molecule has 1 saturated heterocycles. The maximum atomic E-state index is 11.5. The molecular weight excluding hydrogens is 364 g/mol. The Hall–Kier alpha value is -1.51. The summed E-state index contributed by atoms with van der Waals surface area (Å²) >= 11 is 0. The normalized spacial score (nSPS) is 17.1. The van der Waals surface area contributed by atoms with Crippen LogP contribution in [0.1, 0.15) is 20.8 Å². The van der Waals surface area contributed by atoms with Gasteiger partial charge < -0.3 is 4.43 Å². The molecule has 0 amide bonds. The lowest BCUT2D eigenvalue weighted by atomic mass is 10.2. The molecule has 3 rings (SSSR count). The molecule has 0 saturated carbocycles. The standard InChI is InChI=1S/C19H26N2O3SSi/c1-19(2,3)26(17-10-6-4-7-11-17,18-12-8-5-9-13-18)24-16-14-21(15-16)25(20,22)23/h4-13,16H,14-15H2,1-3H3,(H2,20,22,23). The minimum atomic E-state index is -3.65. The summed E-state index contributed by atoms with van der Waals surface area (Å²) in [7, 11) is -6.28. The lowest BCUT2D eigenvalue weighted by Crippen LogP contribution is -2.71. The lowest BCUT2D eigenvalue weighted by Gasteiger charge is -2.48. The van der Waals surface area contributed by atoms with Crippen LogP contribution in [0.5, 0.6) is 0 Å². The van der Waals surface area contributed by atoms with Crippen molar-refractivity contribution in [2.45, 2.75) is 31.9 Å². The summed E-state index contributed by atoms with van der Waals surface area (Å²) < 4.78 is 31.1. The second-order valence-corrected chi connectivity index (χ2v) is 13.6. The molecule has 1 aliphatic heterocycles. The molecule has 26 heavy (non-hydrogen) atoms. The van der Waals surface area contributed by atoms with Gasteiger partial charge in [-0.1, -0.05) is 81.4 Å². The Kier molecular flexibility index (Phi) is 5.11. The fourth-order valence-corrected chi connectivity index (χ4v) is 9.04. The van der Waals surface area contributed by atoms with Gasteiger partial charge in [0.1, 0.15) is 0 Å². The van der Waals surface area contributed by atoms with Crippen molar-refractivity contribution in [3.05, 3.63) is 60.7 Å². The number of hydrogen-bond acceptors (Lipinski definition) is 3. The summed E-state index contributed by atoms with van der Waals surface area (Å²) in [6.07, 6.45) is -0.153. The van der Waals surface area contributed by atoms with Crippen molar-refractivity contribution in [1.82, 2.24) is 4.31 Å². The first-order chi connectivity index (χ1) is 12.1. The highest BCUT2D eigenvalue weighted by Crippen LogP contribution is 2.38. The molecule has 0 atom stereocenters. The molecule has 0 spiro atoms. The smallest absolute Gasteiger partial charge is 0.277 e. The van der Waals surface area contributed by atoms with E-state index in [-0.39, 0.29) is 11.1 Å². The van der Waals surface area contributed by atoms with Gasteiger partial charge in [0.25, 0.3) is 18.5 Å². The zero-order valence-electron chi connectivity index (χ0n) is 15.4. The number of hydrogen-bond donors (Lipinski definition) is 1. The van der Waals surface area contributed by atoms with E-state index in [1.165, 1.54) is 14.7 Å². The van der Waals surface area contributed by atoms with E-state index in [1.54, 1.807) is 0 Å². The number of rotatable bonds is 5. The highest BCUT2D eigenvalue weighted by Gasteiger charge is 2.53. The highest BCUT2D eigenvalue weighted by atomic mass is 32.2. The van der Waals surface area contributed by atoms with E-state index in [9.17, 15) is 8.42 Å². The van der Waals surface area contributed by atoms with E-state index in [0.29, 0.717) is 13.1 Å². The topological polar surface area (TPSA) is 72.6 Å². The second-order valence-electron chi connectivity index (χ2n) is 7.77. The first-order valence-electron chi connectivity index (χ1n) is 8.71. The third-order valence-electron chi connectivity index (χ3n) is 4.93. The summed E-state index contributed by atoms with van der Waals surface area (Å²) in [6.45, 7) is 7.23. The molecule has 0 aliphatic carbocycles. The fourth-order valence-electron chi connectivity index (χ4n) is 3.62. The predicted octanol–water partition coefficient (Wildman–Crippen LogP) is 1.45. The van der Waals surface area contributed by atoms with Crippen molar-refractivity contribution in [2.24, 2.45) is 5.14 Å². The van der Waals surface area contributed by atoms with Gasteiger partial charge in [-0.3, -0.25) is 0 Å². The summed E-state index contributed by atoms with van der Waals surface area (Å²) in [5.74, 6) is 0. The van der Waals surface area contributed by atoms with Crippen LogP contribution in [-0.2, 0) is 14.6 Å². The Morgan fingerprint density at radius 2 is 1.38 bits per heavy atom. The van der Waals surface area contributed by atoms with Crippen LogP contribution in [0, 0.1) is 0 Å². The summed E-state index contributed by atoms with van der Waals surface area (Å²) in [5, 5.41) is 7.48. The van der Waals surface area contributed by atoms with Crippen molar-refractivity contribution >= 4 is 28.9 Å². The minimum Gasteiger partial charge on any atom is -0.402 e. The average Bonchev–Trinajstić information content (AvgIpc) is 2.53. The summed E-state index contributed by atoms with van der Waals surface area (Å²) in [4.78, 5) is 0. The van der Waals surface area contributed by atoms with E-state index < -0.39 is 18.5 Å². The molecule has 140 valence electrons. The van der Waals surface area contributed by atoms with Crippen LogP contribution in [-0.4, -0.2) is 40.2 Å². The van der Waals surface area contributed by atoms with E-state index in [4.69, 9.17) is 9.56 Å². The third-order valence-corrected chi connectivity index (χ3v) is 11.0. The minimum absolute atomic E-state index is 0.127. The van der Waals surface area contributed by atoms with Gasteiger partial charge in [0.2, 0.25) is 0 Å². The molecule has 5 nitrogen and oxygen atoms in total. The van der Waals surface area contributed by atoms with Gasteiger partial charge >= 0.3 is 0 Å². The third kappa shape index (κ3) is 3.50. The quantitative estimate of drug-likeness (QED) is 0.786. The van der Waals surface area contributed by atoms with Gasteiger partial charge in [-0.05, 0) is 15.4 Å². The van der Waals surface area contributed by atoms with Gasteiger partial charge in [-0.2, -0.15) is 12.7 Å². The summed E-state index contributed by atoms with van der Waals surface area (Å²) in [5.41, 5.74) is 0. The monoisotopic (exact) mass is 390 g/mol. The summed E-state index contributed by atoms with van der Waals surface area (Å²) in [6, 6.07) is 20.6. The SMILES string of the molecule is CC(C)(C)[Si](OC1CN(S(N)(=O)=O)C1)(c1ccccc1)c1ccccc1. The maximum absolute atomic E-state index is 11.5. The van der Waals surface area contributed by atoms with Crippen LogP contribution in [0.2, 0.25) is 5.04 Å². The fraction of sp³-hybridized carbons (Fsp3) is 0.368. The first-order valence-corrected chi connectivity index (χ1v) is 12.1. The van der Waals surface area contributed by atoms with Crippen molar-refractivity contribution in [3.8, 4) is 0 Å².